The molecule has 0 aliphatic carbocycles. The summed E-state index contributed by atoms with van der Waals surface area (Å²) in [5.74, 6) is 0.257. The lowest BCUT2D eigenvalue weighted by molar-refractivity contribution is 0.0964. The van der Waals surface area contributed by atoms with Gasteiger partial charge in [-0.2, -0.15) is 0 Å². The molecular formula is C19H20BrN3O2. The first-order valence-electron chi connectivity index (χ1n) is 7.83. The number of amides is 1. The molecule has 0 spiro atoms. The zero-order chi connectivity index (χ0) is 18.3. The highest BCUT2D eigenvalue weighted by molar-refractivity contribution is 9.10. The van der Waals surface area contributed by atoms with Crippen molar-refractivity contribution in [2.24, 2.45) is 0 Å². The number of anilines is 2. The molecule has 1 amide bonds. The molecule has 1 aromatic carbocycles. The average Bonchev–Trinajstić information content (AvgIpc) is 2.91. The van der Waals surface area contributed by atoms with Crippen LogP contribution in [0.4, 0.5) is 11.6 Å². The summed E-state index contributed by atoms with van der Waals surface area (Å²) in [7, 11) is 5.52. The number of benzene rings is 1. The van der Waals surface area contributed by atoms with Crippen molar-refractivity contribution in [3.63, 3.8) is 0 Å². The van der Waals surface area contributed by atoms with E-state index in [-0.39, 0.29) is 5.91 Å². The molecule has 0 radical (unpaired) electrons. The third kappa shape index (κ3) is 2.98. The van der Waals surface area contributed by atoms with Crippen LogP contribution in [0.15, 0.2) is 57.2 Å². The number of hydrogen-bond acceptors (Lipinski definition) is 4. The van der Waals surface area contributed by atoms with Crippen LogP contribution in [0.3, 0.4) is 0 Å². The Hall–Kier alpha value is -2.47. The second-order valence-electron chi connectivity index (χ2n) is 6.12. The maximum atomic E-state index is 12.6. The van der Waals surface area contributed by atoms with Gasteiger partial charge in [-0.3, -0.25) is 9.69 Å². The Morgan fingerprint density at radius 3 is 2.68 bits per heavy atom. The molecule has 130 valence electrons. The summed E-state index contributed by atoms with van der Waals surface area (Å²) in [5.41, 5.74) is 3.95. The number of furan rings is 1. The minimum absolute atomic E-state index is 0.203. The number of allylic oxidation sites excluding steroid dienone is 3. The molecule has 1 aliphatic heterocycles. The summed E-state index contributed by atoms with van der Waals surface area (Å²) in [5, 5.41) is 3.45. The lowest BCUT2D eigenvalue weighted by Crippen LogP contribution is -2.22. The lowest BCUT2D eigenvalue weighted by atomic mass is 10.1. The fourth-order valence-electron chi connectivity index (χ4n) is 2.82. The molecule has 3 rings (SSSR count). The van der Waals surface area contributed by atoms with Crippen LogP contribution in [-0.2, 0) is 0 Å². The van der Waals surface area contributed by atoms with Crippen LogP contribution in [0.2, 0.25) is 0 Å². The highest BCUT2D eigenvalue weighted by atomic mass is 79.9. The van der Waals surface area contributed by atoms with Gasteiger partial charge in [0.15, 0.2) is 0 Å². The highest BCUT2D eigenvalue weighted by Gasteiger charge is 2.26. The first kappa shape index (κ1) is 17.4. The van der Waals surface area contributed by atoms with E-state index in [0.29, 0.717) is 17.0 Å². The van der Waals surface area contributed by atoms with E-state index in [1.165, 1.54) is 0 Å². The Morgan fingerprint density at radius 1 is 1.36 bits per heavy atom. The van der Waals surface area contributed by atoms with Gasteiger partial charge in [-0.25, -0.2) is 0 Å². The van der Waals surface area contributed by atoms with Crippen molar-refractivity contribution in [1.29, 1.82) is 0 Å². The van der Waals surface area contributed by atoms with Gasteiger partial charge in [0, 0.05) is 49.0 Å². The van der Waals surface area contributed by atoms with Crippen molar-refractivity contribution in [3.05, 3.63) is 58.4 Å². The van der Waals surface area contributed by atoms with Gasteiger partial charge in [-0.1, -0.05) is 6.58 Å². The minimum atomic E-state index is -0.203. The second kappa shape index (κ2) is 6.44. The predicted octanol–water partition coefficient (Wildman–Crippen LogP) is 4.41. The van der Waals surface area contributed by atoms with E-state index in [4.69, 9.17) is 4.42 Å². The fourth-order valence-corrected chi connectivity index (χ4v) is 3.51. The molecule has 0 atom stereocenters. The van der Waals surface area contributed by atoms with Gasteiger partial charge in [0.25, 0.3) is 5.91 Å². The number of halogens is 1. The van der Waals surface area contributed by atoms with Crippen molar-refractivity contribution >= 4 is 44.4 Å². The fraction of sp³-hybridized carbons (Fsp3) is 0.211. The first-order chi connectivity index (χ1) is 11.8. The van der Waals surface area contributed by atoms with Crippen LogP contribution in [0.1, 0.15) is 17.3 Å². The molecule has 0 unspecified atom stereocenters. The largest absolute Gasteiger partial charge is 0.439 e. The molecular weight excluding hydrogens is 382 g/mol. The van der Waals surface area contributed by atoms with Gasteiger partial charge in [-0.05, 0) is 46.6 Å². The number of hydrogen-bond donors (Lipinski definition) is 1. The third-order valence-corrected chi connectivity index (χ3v) is 4.72. The molecule has 1 aromatic heterocycles. The smallest absolute Gasteiger partial charge is 0.257 e. The summed E-state index contributed by atoms with van der Waals surface area (Å²) >= 11 is 3.58. The van der Waals surface area contributed by atoms with Crippen LogP contribution >= 0.6 is 15.9 Å². The molecule has 6 heteroatoms. The van der Waals surface area contributed by atoms with Gasteiger partial charge in [-0.15, -0.1) is 0 Å². The maximum absolute atomic E-state index is 12.6. The number of nitrogens with zero attached hydrogens (tertiary/aromatic N) is 2. The van der Waals surface area contributed by atoms with Gasteiger partial charge in [0.1, 0.15) is 11.1 Å². The van der Waals surface area contributed by atoms with E-state index in [9.17, 15) is 4.79 Å². The van der Waals surface area contributed by atoms with Gasteiger partial charge >= 0.3 is 0 Å². The monoisotopic (exact) mass is 401 g/mol. The minimum Gasteiger partial charge on any atom is -0.439 e. The van der Waals surface area contributed by atoms with Crippen LogP contribution < -0.4 is 15.1 Å². The van der Waals surface area contributed by atoms with Crippen molar-refractivity contribution in [2.75, 3.05) is 30.9 Å². The predicted molar refractivity (Wildman–Crippen MR) is 106 cm³/mol. The summed E-state index contributed by atoms with van der Waals surface area (Å²) in [6, 6.07) is 3.84. The second-order valence-corrected chi connectivity index (χ2v) is 6.98. The van der Waals surface area contributed by atoms with Crippen molar-refractivity contribution < 1.29 is 9.21 Å². The quantitative estimate of drug-likeness (QED) is 0.826. The van der Waals surface area contributed by atoms with E-state index in [0.717, 1.165) is 26.8 Å². The van der Waals surface area contributed by atoms with Crippen molar-refractivity contribution in [2.45, 2.75) is 6.92 Å². The molecule has 0 fully saturated rings. The summed E-state index contributed by atoms with van der Waals surface area (Å²) < 4.78 is 6.98. The SMILES string of the molecule is C=C1C=C(C)C=CN1c1oc2cc(N(C)C)c(Br)cc2c1C(=O)NC. The lowest BCUT2D eigenvalue weighted by Gasteiger charge is -2.22. The third-order valence-electron chi connectivity index (χ3n) is 4.08. The Morgan fingerprint density at radius 2 is 2.08 bits per heavy atom. The summed E-state index contributed by atoms with van der Waals surface area (Å²) in [4.78, 5) is 16.3. The van der Waals surface area contributed by atoms with Gasteiger partial charge in [0.05, 0.1) is 5.69 Å². The molecule has 5 nitrogen and oxygen atoms in total. The molecule has 0 saturated heterocycles. The first-order valence-corrected chi connectivity index (χ1v) is 8.63. The van der Waals surface area contributed by atoms with Crippen LogP contribution in [0, 0.1) is 0 Å². The highest BCUT2D eigenvalue weighted by Crippen LogP contribution is 2.40. The number of fused-ring (bicyclic) bond motifs is 1. The van der Waals surface area contributed by atoms with E-state index < -0.39 is 0 Å². The van der Waals surface area contributed by atoms with Gasteiger partial charge < -0.3 is 14.6 Å². The maximum Gasteiger partial charge on any atom is 0.257 e. The topological polar surface area (TPSA) is 48.7 Å². The molecule has 25 heavy (non-hydrogen) atoms. The zero-order valence-corrected chi connectivity index (χ0v) is 16.3. The molecule has 2 heterocycles. The summed E-state index contributed by atoms with van der Waals surface area (Å²) in [6.07, 6.45) is 5.77. The Labute approximate surface area is 155 Å². The Bertz CT molecular complexity index is 938. The van der Waals surface area contributed by atoms with E-state index in [1.807, 2.05) is 56.4 Å². The Balaban J connectivity index is 2.26. The number of carbonyl (C=O) groups excluding carboxylic acids is 1. The Kier molecular flexibility index (Phi) is 4.47. The van der Waals surface area contributed by atoms with Gasteiger partial charge in [0.2, 0.25) is 5.88 Å². The average molecular weight is 402 g/mol. The van der Waals surface area contributed by atoms with E-state index in [2.05, 4.69) is 27.8 Å². The molecule has 0 bridgehead atoms. The molecule has 1 aliphatic rings. The summed E-state index contributed by atoms with van der Waals surface area (Å²) in [6.45, 7) is 6.07. The number of carbonyl (C=O) groups is 1. The standard InChI is InChI=1S/C19H20BrN3O2/c1-11-6-7-23(12(2)8-11)19-17(18(24)21-3)13-9-14(20)15(22(4)5)10-16(13)25-19/h6-10H,2H2,1,3-5H3,(H,21,24). The zero-order valence-electron chi connectivity index (χ0n) is 14.7. The molecule has 2 aromatic rings. The van der Waals surface area contributed by atoms with E-state index >= 15 is 0 Å². The van der Waals surface area contributed by atoms with Crippen LogP contribution in [-0.4, -0.2) is 27.1 Å². The van der Waals surface area contributed by atoms with Crippen LogP contribution in [0.5, 0.6) is 0 Å². The van der Waals surface area contributed by atoms with Crippen LogP contribution in [0.25, 0.3) is 11.0 Å². The van der Waals surface area contributed by atoms with Crippen molar-refractivity contribution in [3.8, 4) is 0 Å². The normalized spacial score (nSPS) is 14.0. The number of nitrogens with one attached hydrogen (secondary N) is 1. The number of rotatable bonds is 3. The molecule has 0 saturated carbocycles. The van der Waals surface area contributed by atoms with Crippen molar-refractivity contribution in [1.82, 2.24) is 5.32 Å². The molecule has 1 N–H and O–H groups in total. The van der Waals surface area contributed by atoms with E-state index in [1.54, 1.807) is 11.9 Å².